The van der Waals surface area contributed by atoms with Gasteiger partial charge in [0.05, 0.1) is 19.8 Å². The first kappa shape index (κ1) is 20.6. The molecule has 3 aliphatic heterocycles. The van der Waals surface area contributed by atoms with Crippen molar-refractivity contribution in [1.82, 2.24) is 19.8 Å². The standard InChI is InChI=1S/C20H30ClN5O3/c1-20(2,3)29-19(27)26-11-14-9-24(10-15(14)12-26)13-17-22-16(21)8-18(23-17)25-4-6-28-7-5-25/h8,14-15H,4-7,9-13H2,1-3H3/t14-,15?/m1/s1. The Balaban J connectivity index is 1.34. The summed E-state index contributed by atoms with van der Waals surface area (Å²) < 4.78 is 10.9. The minimum absolute atomic E-state index is 0.202. The average molecular weight is 424 g/mol. The van der Waals surface area contributed by atoms with E-state index in [4.69, 9.17) is 26.1 Å². The van der Waals surface area contributed by atoms with Gasteiger partial charge < -0.3 is 19.3 Å². The lowest BCUT2D eigenvalue weighted by Crippen LogP contribution is -2.38. The molecule has 0 N–H and O–H groups in total. The Bertz CT molecular complexity index is 736. The number of nitrogens with zero attached hydrogens (tertiary/aromatic N) is 5. The summed E-state index contributed by atoms with van der Waals surface area (Å²) in [7, 11) is 0. The van der Waals surface area contributed by atoms with Gasteiger partial charge in [0.25, 0.3) is 0 Å². The van der Waals surface area contributed by atoms with Gasteiger partial charge in [-0.15, -0.1) is 0 Å². The van der Waals surface area contributed by atoms with Crippen molar-refractivity contribution in [3.63, 3.8) is 0 Å². The minimum Gasteiger partial charge on any atom is -0.444 e. The summed E-state index contributed by atoms with van der Waals surface area (Å²) in [4.78, 5) is 27.9. The monoisotopic (exact) mass is 423 g/mol. The van der Waals surface area contributed by atoms with Crippen molar-refractivity contribution < 1.29 is 14.3 Å². The number of halogens is 1. The van der Waals surface area contributed by atoms with Crippen LogP contribution in [0.4, 0.5) is 10.6 Å². The number of morpholine rings is 1. The van der Waals surface area contributed by atoms with E-state index in [1.165, 1.54) is 0 Å². The van der Waals surface area contributed by atoms with E-state index >= 15 is 0 Å². The zero-order valence-corrected chi connectivity index (χ0v) is 18.2. The van der Waals surface area contributed by atoms with Gasteiger partial charge in [0, 0.05) is 45.3 Å². The Morgan fingerprint density at radius 2 is 1.83 bits per heavy atom. The molecule has 9 heteroatoms. The molecular formula is C20H30ClN5O3. The first-order valence-corrected chi connectivity index (χ1v) is 10.7. The highest BCUT2D eigenvalue weighted by Gasteiger charge is 2.42. The number of anilines is 1. The van der Waals surface area contributed by atoms with E-state index in [-0.39, 0.29) is 6.09 Å². The fourth-order valence-electron chi connectivity index (χ4n) is 4.37. The van der Waals surface area contributed by atoms with Gasteiger partial charge in [-0.3, -0.25) is 4.90 Å². The molecule has 29 heavy (non-hydrogen) atoms. The molecule has 1 unspecified atom stereocenters. The van der Waals surface area contributed by atoms with E-state index in [1.807, 2.05) is 31.7 Å². The Kier molecular flexibility index (Phi) is 5.86. The van der Waals surface area contributed by atoms with Crippen LogP contribution < -0.4 is 4.90 Å². The molecule has 0 radical (unpaired) electrons. The van der Waals surface area contributed by atoms with E-state index in [0.717, 1.165) is 50.9 Å². The zero-order valence-electron chi connectivity index (χ0n) is 17.4. The van der Waals surface area contributed by atoms with E-state index in [9.17, 15) is 4.79 Å². The summed E-state index contributed by atoms with van der Waals surface area (Å²) in [6.45, 7) is 12.8. The fraction of sp³-hybridized carbons (Fsp3) is 0.750. The Morgan fingerprint density at radius 3 is 2.45 bits per heavy atom. The zero-order chi connectivity index (χ0) is 20.6. The van der Waals surface area contributed by atoms with Crippen molar-refractivity contribution in [2.45, 2.75) is 32.9 Å². The van der Waals surface area contributed by atoms with Gasteiger partial charge in [0.2, 0.25) is 0 Å². The molecule has 3 saturated heterocycles. The molecule has 4 rings (SSSR count). The number of fused-ring (bicyclic) bond motifs is 1. The van der Waals surface area contributed by atoms with E-state index in [2.05, 4.69) is 14.8 Å². The van der Waals surface area contributed by atoms with Crippen LogP contribution in [0.3, 0.4) is 0 Å². The number of likely N-dealkylation sites (tertiary alicyclic amines) is 2. The number of carbonyl (C=O) groups is 1. The first-order valence-electron chi connectivity index (χ1n) is 10.3. The summed E-state index contributed by atoms with van der Waals surface area (Å²) in [5.74, 6) is 2.57. The number of ether oxygens (including phenoxy) is 2. The first-order chi connectivity index (χ1) is 13.8. The SMILES string of the molecule is CC(C)(C)OC(=O)N1CC2CN(Cc3nc(Cl)cc(N4CCOCC4)n3)C[C@@H]2C1. The van der Waals surface area contributed by atoms with Crippen molar-refractivity contribution in [2.75, 3.05) is 57.4 Å². The summed E-state index contributed by atoms with van der Waals surface area (Å²) >= 11 is 6.27. The molecule has 0 aromatic carbocycles. The molecule has 3 aliphatic rings. The van der Waals surface area contributed by atoms with Crippen LogP contribution in [0.15, 0.2) is 6.07 Å². The fourth-order valence-corrected chi connectivity index (χ4v) is 4.57. The topological polar surface area (TPSA) is 71.0 Å². The molecule has 1 amide bonds. The van der Waals surface area contributed by atoms with Crippen molar-refractivity contribution in [1.29, 1.82) is 0 Å². The molecule has 1 aromatic rings. The summed E-state index contributed by atoms with van der Waals surface area (Å²) in [6.07, 6.45) is -0.202. The molecule has 0 bridgehead atoms. The van der Waals surface area contributed by atoms with E-state index in [0.29, 0.717) is 36.7 Å². The summed E-state index contributed by atoms with van der Waals surface area (Å²) in [6, 6.07) is 1.83. The van der Waals surface area contributed by atoms with Crippen LogP contribution in [0, 0.1) is 11.8 Å². The number of aromatic nitrogens is 2. The molecule has 8 nitrogen and oxygen atoms in total. The lowest BCUT2D eigenvalue weighted by molar-refractivity contribution is 0.0274. The smallest absolute Gasteiger partial charge is 0.410 e. The van der Waals surface area contributed by atoms with Crippen LogP contribution in [-0.4, -0.2) is 83.9 Å². The highest BCUT2D eigenvalue weighted by atomic mass is 35.5. The van der Waals surface area contributed by atoms with E-state index in [1.54, 1.807) is 0 Å². The minimum atomic E-state index is -0.455. The van der Waals surface area contributed by atoms with Crippen LogP contribution >= 0.6 is 11.6 Å². The second-order valence-corrected chi connectivity index (χ2v) is 9.55. The number of carbonyl (C=O) groups excluding carboxylic acids is 1. The normalized spacial score (nSPS) is 25.4. The van der Waals surface area contributed by atoms with Gasteiger partial charge in [-0.2, -0.15) is 0 Å². The van der Waals surface area contributed by atoms with Crippen LogP contribution in [0.5, 0.6) is 0 Å². The molecule has 0 spiro atoms. The largest absolute Gasteiger partial charge is 0.444 e. The molecule has 160 valence electrons. The van der Waals surface area contributed by atoms with Crippen molar-refractivity contribution in [3.8, 4) is 0 Å². The van der Waals surface area contributed by atoms with Gasteiger partial charge in [0.15, 0.2) is 0 Å². The molecule has 4 heterocycles. The van der Waals surface area contributed by atoms with Gasteiger partial charge in [-0.05, 0) is 32.6 Å². The van der Waals surface area contributed by atoms with Crippen LogP contribution in [0.2, 0.25) is 5.15 Å². The molecule has 2 atom stereocenters. The summed E-state index contributed by atoms with van der Waals surface area (Å²) in [5, 5.41) is 0.479. The third-order valence-electron chi connectivity index (χ3n) is 5.64. The van der Waals surface area contributed by atoms with Gasteiger partial charge in [0.1, 0.15) is 22.4 Å². The van der Waals surface area contributed by atoms with Crippen molar-refractivity contribution in [2.24, 2.45) is 11.8 Å². The third kappa shape index (κ3) is 5.10. The molecule has 0 saturated carbocycles. The quantitative estimate of drug-likeness (QED) is 0.690. The average Bonchev–Trinajstić information content (AvgIpc) is 3.19. The Labute approximate surface area is 177 Å². The number of hydrogen-bond donors (Lipinski definition) is 0. The number of rotatable bonds is 3. The second-order valence-electron chi connectivity index (χ2n) is 9.16. The van der Waals surface area contributed by atoms with Crippen LogP contribution in [-0.2, 0) is 16.0 Å². The molecule has 3 fully saturated rings. The summed E-state index contributed by atoms with van der Waals surface area (Å²) in [5.41, 5.74) is -0.455. The van der Waals surface area contributed by atoms with Crippen molar-refractivity contribution in [3.05, 3.63) is 17.0 Å². The van der Waals surface area contributed by atoms with Gasteiger partial charge in [-0.1, -0.05) is 11.6 Å². The lowest BCUT2D eigenvalue weighted by atomic mass is 10.0. The molecular weight excluding hydrogens is 394 g/mol. The highest BCUT2D eigenvalue weighted by Crippen LogP contribution is 2.32. The van der Waals surface area contributed by atoms with Crippen LogP contribution in [0.25, 0.3) is 0 Å². The number of amides is 1. The maximum atomic E-state index is 12.3. The van der Waals surface area contributed by atoms with E-state index < -0.39 is 5.60 Å². The molecule has 0 aliphatic carbocycles. The van der Waals surface area contributed by atoms with Crippen molar-refractivity contribution >= 4 is 23.5 Å². The maximum Gasteiger partial charge on any atom is 0.410 e. The second kappa shape index (κ2) is 8.24. The molecule has 1 aromatic heterocycles. The van der Waals surface area contributed by atoms with Gasteiger partial charge >= 0.3 is 6.09 Å². The predicted molar refractivity (Wildman–Crippen MR) is 110 cm³/mol. The van der Waals surface area contributed by atoms with Crippen LogP contribution in [0.1, 0.15) is 26.6 Å². The maximum absolute atomic E-state index is 12.3. The Hall–Kier alpha value is -1.64. The lowest BCUT2D eigenvalue weighted by Gasteiger charge is -2.28. The Morgan fingerprint density at radius 1 is 1.17 bits per heavy atom. The number of hydrogen-bond acceptors (Lipinski definition) is 7. The third-order valence-corrected chi connectivity index (χ3v) is 5.83. The van der Waals surface area contributed by atoms with Gasteiger partial charge in [-0.25, -0.2) is 14.8 Å². The highest BCUT2D eigenvalue weighted by molar-refractivity contribution is 6.29. The predicted octanol–water partition coefficient (Wildman–Crippen LogP) is 2.27.